The number of amides is 1. The lowest BCUT2D eigenvalue weighted by Gasteiger charge is -2.34. The van der Waals surface area contributed by atoms with Crippen molar-refractivity contribution in [1.29, 1.82) is 0 Å². The molecule has 0 bridgehead atoms. The number of carbonyl (C=O) groups is 1. The van der Waals surface area contributed by atoms with Crippen LogP contribution in [0.25, 0.3) is 38.3 Å². The summed E-state index contributed by atoms with van der Waals surface area (Å²) in [5.74, 6) is 0.999. The number of allylic oxidation sites excluding steroid dienone is 1. The fourth-order valence-corrected chi connectivity index (χ4v) is 12.8. The van der Waals surface area contributed by atoms with Crippen LogP contribution in [0.4, 0.5) is 39.8 Å². The normalized spacial score (nSPS) is 13.1. The Morgan fingerprint density at radius 1 is 0.408 bits per heavy atom. The molecule has 0 unspecified atom stereocenters. The monoisotopic (exact) mass is 1010 g/mol. The van der Waals surface area contributed by atoms with Gasteiger partial charge in [-0.25, -0.2) is 0 Å². The predicted molar refractivity (Wildman–Crippen MR) is 321 cm³/mol. The molecule has 2 heterocycles. The Bertz CT molecular complexity index is 3590. The van der Waals surface area contributed by atoms with Gasteiger partial charge in [-0.15, -0.1) is 23.1 Å². The van der Waals surface area contributed by atoms with E-state index in [-0.39, 0.29) is 5.91 Å². The Morgan fingerprint density at radius 2 is 0.816 bits per heavy atom. The Morgan fingerprint density at radius 3 is 1.22 bits per heavy atom. The van der Waals surface area contributed by atoms with Crippen LogP contribution in [0.15, 0.2) is 278 Å². The lowest BCUT2D eigenvalue weighted by Crippen LogP contribution is -2.28. The maximum absolute atomic E-state index is 13.4. The van der Waals surface area contributed by atoms with Crippen LogP contribution in [0.3, 0.4) is 0 Å². The maximum Gasteiger partial charge on any atom is 0.265 e. The van der Waals surface area contributed by atoms with Crippen molar-refractivity contribution in [2.45, 2.75) is 11.8 Å². The van der Waals surface area contributed by atoms with E-state index < -0.39 is 5.41 Å². The number of nitrogens with zero attached hydrogens (tertiary/aromatic N) is 2. The molecule has 0 saturated carbocycles. The zero-order chi connectivity index (χ0) is 50.8. The summed E-state index contributed by atoms with van der Waals surface area (Å²) in [6.07, 6.45) is 3.45. The van der Waals surface area contributed by atoms with Crippen LogP contribution in [0.2, 0.25) is 0 Å². The fourth-order valence-electron chi connectivity index (χ4n) is 11.2. The van der Waals surface area contributed by atoms with Crippen LogP contribution >= 0.6 is 23.1 Å². The Hall–Kier alpha value is -8.94. The highest BCUT2D eigenvalue weighted by Gasteiger charge is 2.46. The highest BCUT2D eigenvalue weighted by Crippen LogP contribution is 2.58. The molecular formula is C70H51N3OS2. The van der Waals surface area contributed by atoms with E-state index in [4.69, 9.17) is 0 Å². The Kier molecular flexibility index (Phi) is 12.6. The summed E-state index contributed by atoms with van der Waals surface area (Å²) >= 11 is 3.37. The third-order valence-corrected chi connectivity index (χ3v) is 16.8. The summed E-state index contributed by atoms with van der Waals surface area (Å²) < 4.78 is 0. The van der Waals surface area contributed by atoms with E-state index in [1.165, 1.54) is 49.6 Å². The molecule has 1 amide bonds. The van der Waals surface area contributed by atoms with Gasteiger partial charge in [0, 0.05) is 50.5 Å². The molecule has 6 heteroatoms. The summed E-state index contributed by atoms with van der Waals surface area (Å²) in [5, 5.41) is 5.11. The van der Waals surface area contributed by atoms with Crippen molar-refractivity contribution in [3.8, 4) is 33.4 Å². The van der Waals surface area contributed by atoms with Crippen LogP contribution in [0.5, 0.6) is 0 Å². The minimum Gasteiger partial charge on any atom is -0.321 e. The van der Waals surface area contributed by atoms with E-state index in [0.717, 1.165) is 79.8 Å². The number of hydrogen-bond acceptors (Lipinski definition) is 5. The number of thiophene rings is 1. The number of para-hydroxylation sites is 4. The van der Waals surface area contributed by atoms with Gasteiger partial charge in [0.1, 0.15) is 0 Å². The molecule has 364 valence electrons. The molecule has 10 aromatic carbocycles. The average molecular weight is 1010 g/mol. The lowest BCUT2D eigenvalue weighted by molar-refractivity contribution is 0.103. The van der Waals surface area contributed by atoms with Gasteiger partial charge in [0.05, 0.1) is 10.3 Å². The quantitative estimate of drug-likeness (QED) is 0.125. The largest absolute Gasteiger partial charge is 0.321 e. The molecule has 76 heavy (non-hydrogen) atoms. The standard InChI is InChI=1S/C70H51N3OS2/c74-69(68-24-14-46-76-68)71-56-37-35-55(36-38-56)70(54-33-25-51(26-34-54)67-23-13-45-75-67)65-47-52(49-27-39-61(40-28-49)72(57-15-5-1-6-16-57)58-17-7-2-8-18-58)31-43-63(65)64-44-32-53(48-66(64)70)50-29-41-62(42-30-50)73(59-19-9-3-10-20-59)60-21-11-4-12-22-60/h1-12,14-44,46-48H,13,45H2,(H,71,74). The van der Waals surface area contributed by atoms with Crippen molar-refractivity contribution in [3.05, 3.63) is 311 Å². The van der Waals surface area contributed by atoms with Gasteiger partial charge in [-0.05, 0) is 176 Å². The molecular weight excluding hydrogens is 963 g/mol. The molecule has 2 aliphatic rings. The van der Waals surface area contributed by atoms with Gasteiger partial charge in [-0.2, -0.15) is 0 Å². The van der Waals surface area contributed by atoms with Crippen LogP contribution in [0, 0.1) is 0 Å². The summed E-state index contributed by atoms with van der Waals surface area (Å²) in [4.78, 5) is 20.0. The molecule has 1 N–H and O–H groups in total. The van der Waals surface area contributed by atoms with Crippen molar-refractivity contribution in [2.75, 3.05) is 20.9 Å². The molecule has 1 aromatic heterocycles. The van der Waals surface area contributed by atoms with E-state index >= 15 is 0 Å². The third-order valence-electron chi connectivity index (χ3n) is 14.7. The highest BCUT2D eigenvalue weighted by molar-refractivity contribution is 8.08. The van der Waals surface area contributed by atoms with E-state index in [2.05, 4.69) is 276 Å². The summed E-state index contributed by atoms with van der Waals surface area (Å²) in [6.45, 7) is 0. The number of carbonyl (C=O) groups excluding carboxylic acids is 1. The maximum atomic E-state index is 13.4. The van der Waals surface area contributed by atoms with Gasteiger partial charge >= 0.3 is 0 Å². The average Bonchev–Trinajstić information content (AvgIpc) is 4.33. The first-order valence-corrected chi connectivity index (χ1v) is 27.7. The van der Waals surface area contributed by atoms with Gasteiger partial charge < -0.3 is 15.1 Å². The first-order valence-electron chi connectivity index (χ1n) is 25.8. The van der Waals surface area contributed by atoms with Gasteiger partial charge in [-0.1, -0.05) is 170 Å². The molecule has 0 radical (unpaired) electrons. The fraction of sp³-hybridized carbons (Fsp3) is 0.0429. The number of benzene rings is 10. The van der Waals surface area contributed by atoms with Crippen LogP contribution in [-0.4, -0.2) is 11.7 Å². The number of anilines is 7. The van der Waals surface area contributed by atoms with Crippen molar-refractivity contribution in [2.24, 2.45) is 0 Å². The van der Waals surface area contributed by atoms with Gasteiger partial charge in [0.25, 0.3) is 5.91 Å². The molecule has 0 atom stereocenters. The topological polar surface area (TPSA) is 35.6 Å². The van der Waals surface area contributed by atoms with Crippen molar-refractivity contribution in [1.82, 2.24) is 0 Å². The minimum atomic E-state index is -0.739. The summed E-state index contributed by atoms with van der Waals surface area (Å²) in [7, 11) is 0. The Balaban J connectivity index is 0.963. The number of nitrogens with one attached hydrogen (secondary N) is 1. The van der Waals surface area contributed by atoms with Crippen molar-refractivity contribution < 1.29 is 4.79 Å². The molecule has 0 saturated heterocycles. The van der Waals surface area contributed by atoms with Crippen LogP contribution in [-0.2, 0) is 5.41 Å². The molecule has 4 nitrogen and oxygen atoms in total. The summed E-state index contributed by atoms with van der Waals surface area (Å²) in [5.41, 5.74) is 19.5. The Labute approximate surface area is 452 Å². The molecule has 1 aliphatic carbocycles. The van der Waals surface area contributed by atoms with Gasteiger partial charge in [0.2, 0.25) is 0 Å². The predicted octanol–water partition coefficient (Wildman–Crippen LogP) is 19.1. The van der Waals surface area contributed by atoms with Gasteiger partial charge in [0.15, 0.2) is 0 Å². The number of rotatable bonds is 13. The van der Waals surface area contributed by atoms with Crippen LogP contribution in [0.1, 0.15) is 43.9 Å². The third kappa shape index (κ3) is 8.71. The minimum absolute atomic E-state index is 0.110. The van der Waals surface area contributed by atoms with Gasteiger partial charge in [-0.3, -0.25) is 4.79 Å². The molecule has 1 aliphatic heterocycles. The summed E-state index contributed by atoms with van der Waals surface area (Å²) in [6, 6.07) is 96.0. The van der Waals surface area contributed by atoms with E-state index in [1.807, 2.05) is 29.3 Å². The molecule has 11 aromatic rings. The number of hydrogen-bond donors (Lipinski definition) is 1. The smallest absolute Gasteiger partial charge is 0.265 e. The van der Waals surface area contributed by atoms with Crippen molar-refractivity contribution in [3.63, 3.8) is 0 Å². The lowest BCUT2D eigenvalue weighted by atomic mass is 9.67. The highest BCUT2D eigenvalue weighted by atomic mass is 32.2. The second-order valence-electron chi connectivity index (χ2n) is 19.2. The second-order valence-corrected chi connectivity index (χ2v) is 21.3. The number of fused-ring (bicyclic) bond motifs is 3. The second kappa shape index (κ2) is 20.4. The van der Waals surface area contributed by atoms with Crippen LogP contribution < -0.4 is 15.1 Å². The molecule has 0 spiro atoms. The SMILES string of the molecule is O=C(Nc1ccc(C2(c3ccc(C4=CCCS4)cc3)c3cc(-c4ccc(N(c5ccccc5)c5ccccc5)cc4)ccc3-c3ccc(-c4ccc(N(c5ccccc5)c5ccccc5)cc4)cc32)cc1)c1cccs1. The molecule has 13 rings (SSSR count). The zero-order valence-electron chi connectivity index (χ0n) is 41.6. The first kappa shape index (κ1) is 46.8. The number of thioether (sulfide) groups is 1. The molecule has 0 fully saturated rings. The van der Waals surface area contributed by atoms with E-state index in [9.17, 15) is 4.79 Å². The zero-order valence-corrected chi connectivity index (χ0v) is 43.2. The van der Waals surface area contributed by atoms with E-state index in [0.29, 0.717) is 4.88 Å². The first-order chi connectivity index (χ1) is 37.6. The van der Waals surface area contributed by atoms with Crippen molar-refractivity contribution >= 4 is 73.7 Å². The van der Waals surface area contributed by atoms with E-state index in [1.54, 1.807) is 0 Å².